The van der Waals surface area contributed by atoms with Crippen LogP contribution in [0.1, 0.15) is 21.7 Å². The zero-order valence-electron chi connectivity index (χ0n) is 15.7. The Morgan fingerprint density at radius 1 is 1.10 bits per heavy atom. The summed E-state index contributed by atoms with van der Waals surface area (Å²) in [6, 6.07) is 14.0. The molecule has 1 amide bonds. The van der Waals surface area contributed by atoms with Gasteiger partial charge in [0.05, 0.1) is 19.6 Å². The zero-order chi connectivity index (χ0) is 20.9. The van der Waals surface area contributed by atoms with Gasteiger partial charge in [0, 0.05) is 0 Å². The minimum absolute atomic E-state index is 0.0323. The monoisotopic (exact) mass is 414 g/mol. The van der Waals surface area contributed by atoms with Crippen LogP contribution in [0, 0.1) is 6.92 Å². The molecule has 0 unspecified atom stereocenters. The van der Waals surface area contributed by atoms with E-state index in [2.05, 4.69) is 10.5 Å². The number of carbonyl (C=O) groups excluding carboxylic acids is 1. The van der Waals surface area contributed by atoms with Crippen molar-refractivity contribution in [2.24, 2.45) is 5.10 Å². The summed E-state index contributed by atoms with van der Waals surface area (Å²) in [6.45, 7) is 1.86. The Labute approximate surface area is 167 Å². The van der Waals surface area contributed by atoms with Crippen LogP contribution >= 0.6 is 0 Å². The van der Waals surface area contributed by atoms with Crippen molar-refractivity contribution in [1.29, 1.82) is 0 Å². The van der Waals surface area contributed by atoms with Crippen LogP contribution in [0.25, 0.3) is 0 Å². The molecule has 150 valence electrons. The Morgan fingerprint density at radius 3 is 2.52 bits per heavy atom. The van der Waals surface area contributed by atoms with Crippen LogP contribution in [-0.4, -0.2) is 27.6 Å². The number of hydrogen-bond donors (Lipinski definition) is 1. The maximum absolute atomic E-state index is 12.5. The first-order valence-electron chi connectivity index (χ1n) is 8.45. The summed E-state index contributed by atoms with van der Waals surface area (Å²) in [6.07, 6.45) is 2.76. The van der Waals surface area contributed by atoms with Crippen LogP contribution in [-0.2, 0) is 10.1 Å². The summed E-state index contributed by atoms with van der Waals surface area (Å²) in [4.78, 5) is 11.8. The minimum Gasteiger partial charge on any atom is -0.493 e. The molecular formula is C20H18N2O6S. The van der Waals surface area contributed by atoms with Crippen LogP contribution in [0.15, 0.2) is 75.3 Å². The average molecular weight is 414 g/mol. The SMILES string of the molecule is COc1cc(/C=N\NC(=O)c2ccco2)ccc1OS(=O)(=O)c1ccc(C)cc1. The van der Waals surface area contributed by atoms with Gasteiger partial charge >= 0.3 is 16.0 Å². The summed E-state index contributed by atoms with van der Waals surface area (Å²) < 4.78 is 40.3. The van der Waals surface area contributed by atoms with Gasteiger partial charge in [0.1, 0.15) is 4.90 Å². The number of ether oxygens (including phenoxy) is 1. The second-order valence-corrected chi connectivity index (χ2v) is 7.48. The second-order valence-electron chi connectivity index (χ2n) is 5.94. The normalized spacial score (nSPS) is 11.4. The number of benzene rings is 2. The standard InChI is InChI=1S/C20H18N2O6S/c1-14-5-8-16(9-6-14)29(24,25)28-17-10-7-15(12-19(17)26-2)13-21-22-20(23)18-4-3-11-27-18/h3-13H,1-2H3,(H,22,23)/b21-13-. The van der Waals surface area contributed by atoms with Crippen molar-refractivity contribution in [3.63, 3.8) is 0 Å². The molecule has 8 nitrogen and oxygen atoms in total. The minimum atomic E-state index is -4.01. The summed E-state index contributed by atoms with van der Waals surface area (Å²) in [5, 5.41) is 3.83. The van der Waals surface area contributed by atoms with Gasteiger partial charge in [-0.1, -0.05) is 17.7 Å². The van der Waals surface area contributed by atoms with Gasteiger partial charge in [0.25, 0.3) is 0 Å². The topological polar surface area (TPSA) is 107 Å². The Morgan fingerprint density at radius 2 is 1.86 bits per heavy atom. The van der Waals surface area contributed by atoms with Gasteiger partial charge in [-0.25, -0.2) is 5.43 Å². The molecule has 29 heavy (non-hydrogen) atoms. The third-order valence-electron chi connectivity index (χ3n) is 3.82. The molecular weight excluding hydrogens is 396 g/mol. The molecule has 2 aromatic carbocycles. The molecule has 0 saturated heterocycles. The van der Waals surface area contributed by atoms with E-state index in [1.54, 1.807) is 24.3 Å². The molecule has 0 saturated carbocycles. The van der Waals surface area contributed by atoms with E-state index in [-0.39, 0.29) is 22.2 Å². The van der Waals surface area contributed by atoms with Crippen LogP contribution in [0.2, 0.25) is 0 Å². The second kappa shape index (κ2) is 8.61. The van der Waals surface area contributed by atoms with Crippen LogP contribution in [0.5, 0.6) is 11.5 Å². The van der Waals surface area contributed by atoms with Crippen molar-refractivity contribution in [2.75, 3.05) is 7.11 Å². The van der Waals surface area contributed by atoms with Crippen molar-refractivity contribution in [3.05, 3.63) is 77.7 Å². The Kier molecular flexibility index (Phi) is 5.99. The number of nitrogens with zero attached hydrogens (tertiary/aromatic N) is 1. The van der Waals surface area contributed by atoms with E-state index in [1.165, 1.54) is 49.9 Å². The van der Waals surface area contributed by atoms with E-state index in [1.807, 2.05) is 6.92 Å². The quantitative estimate of drug-likeness (QED) is 0.362. The highest BCUT2D eigenvalue weighted by Gasteiger charge is 2.19. The van der Waals surface area contributed by atoms with E-state index in [4.69, 9.17) is 13.3 Å². The summed E-state index contributed by atoms with van der Waals surface area (Å²) in [5.74, 6) is -0.140. The molecule has 1 heterocycles. The number of carbonyl (C=O) groups is 1. The van der Waals surface area contributed by atoms with Gasteiger partial charge in [0.15, 0.2) is 17.3 Å². The lowest BCUT2D eigenvalue weighted by atomic mass is 10.2. The van der Waals surface area contributed by atoms with Crippen molar-refractivity contribution in [3.8, 4) is 11.5 Å². The maximum Gasteiger partial charge on any atom is 0.339 e. The molecule has 0 bridgehead atoms. The molecule has 0 atom stereocenters. The van der Waals surface area contributed by atoms with Crippen molar-refractivity contribution < 1.29 is 26.5 Å². The van der Waals surface area contributed by atoms with E-state index in [0.717, 1.165) is 5.56 Å². The highest BCUT2D eigenvalue weighted by molar-refractivity contribution is 7.87. The number of hydrogen-bond acceptors (Lipinski definition) is 7. The summed E-state index contributed by atoms with van der Waals surface area (Å²) in [7, 11) is -2.62. The molecule has 3 rings (SSSR count). The van der Waals surface area contributed by atoms with Crippen molar-refractivity contribution >= 4 is 22.2 Å². The molecule has 0 aliphatic rings. The highest BCUT2D eigenvalue weighted by Crippen LogP contribution is 2.30. The lowest BCUT2D eigenvalue weighted by molar-refractivity contribution is 0.0927. The fourth-order valence-corrected chi connectivity index (χ4v) is 3.27. The number of rotatable bonds is 7. The average Bonchev–Trinajstić information content (AvgIpc) is 3.24. The maximum atomic E-state index is 12.5. The van der Waals surface area contributed by atoms with Crippen LogP contribution in [0.4, 0.5) is 0 Å². The molecule has 1 N–H and O–H groups in total. The van der Waals surface area contributed by atoms with E-state index >= 15 is 0 Å². The van der Waals surface area contributed by atoms with Crippen molar-refractivity contribution in [1.82, 2.24) is 5.43 Å². The van der Waals surface area contributed by atoms with Gasteiger partial charge < -0.3 is 13.3 Å². The van der Waals surface area contributed by atoms with E-state index in [0.29, 0.717) is 5.56 Å². The third kappa shape index (κ3) is 5.02. The van der Waals surface area contributed by atoms with Gasteiger partial charge in [-0.3, -0.25) is 4.79 Å². The molecule has 9 heteroatoms. The number of aryl methyl sites for hydroxylation is 1. The lowest BCUT2D eigenvalue weighted by Crippen LogP contribution is -2.16. The predicted octanol–water partition coefficient (Wildman–Crippen LogP) is 3.13. The van der Waals surface area contributed by atoms with E-state index < -0.39 is 16.0 Å². The number of nitrogens with one attached hydrogen (secondary N) is 1. The van der Waals surface area contributed by atoms with Gasteiger partial charge in [-0.05, 0) is 55.0 Å². The molecule has 0 spiro atoms. The predicted molar refractivity (Wildman–Crippen MR) is 106 cm³/mol. The van der Waals surface area contributed by atoms with Gasteiger partial charge in [0.2, 0.25) is 0 Å². The highest BCUT2D eigenvalue weighted by atomic mass is 32.2. The summed E-state index contributed by atoms with van der Waals surface area (Å²) >= 11 is 0. The first-order chi connectivity index (χ1) is 13.9. The fourth-order valence-electron chi connectivity index (χ4n) is 2.33. The third-order valence-corrected chi connectivity index (χ3v) is 5.07. The lowest BCUT2D eigenvalue weighted by Gasteiger charge is -2.11. The smallest absolute Gasteiger partial charge is 0.339 e. The molecule has 0 radical (unpaired) electrons. The first kappa shape index (κ1) is 20.2. The zero-order valence-corrected chi connectivity index (χ0v) is 16.5. The number of methoxy groups -OCH3 is 1. The van der Waals surface area contributed by atoms with Gasteiger partial charge in [-0.15, -0.1) is 0 Å². The Balaban J connectivity index is 1.74. The molecule has 1 aromatic heterocycles. The number of hydrazone groups is 1. The van der Waals surface area contributed by atoms with Crippen LogP contribution in [0.3, 0.4) is 0 Å². The largest absolute Gasteiger partial charge is 0.493 e. The first-order valence-corrected chi connectivity index (χ1v) is 9.86. The Hall–Kier alpha value is -3.59. The van der Waals surface area contributed by atoms with Crippen LogP contribution < -0.4 is 14.3 Å². The summed E-state index contributed by atoms with van der Waals surface area (Å²) in [5.41, 5.74) is 3.81. The van der Waals surface area contributed by atoms with Gasteiger partial charge in [-0.2, -0.15) is 13.5 Å². The number of furan rings is 1. The molecule has 0 aliphatic carbocycles. The molecule has 0 fully saturated rings. The van der Waals surface area contributed by atoms with Crippen molar-refractivity contribution in [2.45, 2.75) is 11.8 Å². The molecule has 3 aromatic rings. The fraction of sp³-hybridized carbons (Fsp3) is 0.100. The van der Waals surface area contributed by atoms with E-state index in [9.17, 15) is 13.2 Å². The molecule has 0 aliphatic heterocycles. The number of amides is 1. The Bertz CT molecular complexity index is 1120.